The van der Waals surface area contributed by atoms with Crippen molar-refractivity contribution in [2.45, 2.75) is 41.5 Å². The second kappa shape index (κ2) is 7.79. The van der Waals surface area contributed by atoms with Gasteiger partial charge in [0.15, 0.2) is 0 Å². The second-order valence-electron chi connectivity index (χ2n) is 8.17. The maximum absolute atomic E-state index is 4.75. The Morgan fingerprint density at radius 1 is 0.833 bits per heavy atom. The van der Waals surface area contributed by atoms with Gasteiger partial charge >= 0.3 is 0 Å². The highest BCUT2D eigenvalue weighted by molar-refractivity contribution is 5.84. The maximum Gasteiger partial charge on any atom is 0.149 e. The van der Waals surface area contributed by atoms with Gasteiger partial charge in [0.25, 0.3) is 0 Å². The summed E-state index contributed by atoms with van der Waals surface area (Å²) in [4.78, 5) is 4.75. The van der Waals surface area contributed by atoms with Crippen LogP contribution in [0.3, 0.4) is 0 Å². The molecular weight excluding hydrogens is 368 g/mol. The Bertz CT molecular complexity index is 1280. The van der Waals surface area contributed by atoms with Crippen LogP contribution in [-0.4, -0.2) is 15.8 Å². The van der Waals surface area contributed by atoms with E-state index >= 15 is 0 Å². The smallest absolute Gasteiger partial charge is 0.149 e. The molecule has 0 spiro atoms. The predicted octanol–water partition coefficient (Wildman–Crippen LogP) is 6.32. The molecule has 1 N–H and O–H groups in total. The minimum atomic E-state index is 0.785. The van der Waals surface area contributed by atoms with Crippen LogP contribution in [0.4, 0.5) is 5.82 Å². The molecule has 0 radical (unpaired) electrons. The number of nitrogens with zero attached hydrogens (tertiary/aromatic N) is 3. The van der Waals surface area contributed by atoms with Crippen LogP contribution < -0.4 is 5.43 Å². The van der Waals surface area contributed by atoms with Crippen molar-refractivity contribution in [1.29, 1.82) is 0 Å². The van der Waals surface area contributed by atoms with E-state index in [4.69, 9.17) is 4.98 Å². The summed E-state index contributed by atoms with van der Waals surface area (Å²) in [5.41, 5.74) is 13.6. The Morgan fingerprint density at radius 2 is 1.57 bits per heavy atom. The minimum Gasteiger partial charge on any atom is -0.318 e. The standard InChI is InChI=1S/C26H28N4/c1-16-8-10-25(18(3)11-16)30-20(5)14-23(21(30)6)15-27-29-26-19(4)13-22-9-7-17(2)12-24(22)28-26/h7-15H,1-6H3,(H,28,29). The van der Waals surface area contributed by atoms with E-state index in [9.17, 15) is 0 Å². The molecule has 0 bridgehead atoms. The molecule has 0 unspecified atom stereocenters. The molecule has 2 aromatic carbocycles. The lowest BCUT2D eigenvalue weighted by Crippen LogP contribution is -2.02. The van der Waals surface area contributed by atoms with E-state index in [0.717, 1.165) is 27.8 Å². The third-order valence-corrected chi connectivity index (χ3v) is 5.60. The van der Waals surface area contributed by atoms with Gasteiger partial charge in [0.05, 0.1) is 11.7 Å². The summed E-state index contributed by atoms with van der Waals surface area (Å²) in [5, 5.41) is 5.64. The normalized spacial score (nSPS) is 11.5. The predicted molar refractivity (Wildman–Crippen MR) is 127 cm³/mol. The molecule has 0 saturated carbocycles. The van der Waals surface area contributed by atoms with Gasteiger partial charge in [-0.05, 0) is 82.5 Å². The number of aryl methyl sites for hydroxylation is 5. The largest absolute Gasteiger partial charge is 0.318 e. The van der Waals surface area contributed by atoms with Crippen molar-refractivity contribution in [1.82, 2.24) is 9.55 Å². The van der Waals surface area contributed by atoms with Crippen LogP contribution in [0.15, 0.2) is 53.6 Å². The lowest BCUT2D eigenvalue weighted by Gasteiger charge is -2.13. The first-order valence-electron chi connectivity index (χ1n) is 10.3. The molecule has 4 heteroatoms. The van der Waals surface area contributed by atoms with E-state index in [1.807, 2.05) is 6.21 Å². The van der Waals surface area contributed by atoms with Crippen molar-refractivity contribution in [2.24, 2.45) is 5.10 Å². The topological polar surface area (TPSA) is 42.2 Å². The number of hydrogen-bond acceptors (Lipinski definition) is 3. The van der Waals surface area contributed by atoms with Gasteiger partial charge in [0.1, 0.15) is 5.82 Å². The summed E-state index contributed by atoms with van der Waals surface area (Å²) in [6.45, 7) is 12.7. The molecule has 4 aromatic rings. The lowest BCUT2D eigenvalue weighted by atomic mass is 10.1. The summed E-state index contributed by atoms with van der Waals surface area (Å²) < 4.78 is 2.29. The molecule has 0 aliphatic carbocycles. The van der Waals surface area contributed by atoms with E-state index in [0.29, 0.717) is 0 Å². The Morgan fingerprint density at radius 3 is 2.33 bits per heavy atom. The summed E-state index contributed by atoms with van der Waals surface area (Å²) in [7, 11) is 0. The number of pyridine rings is 1. The van der Waals surface area contributed by atoms with Gasteiger partial charge in [-0.25, -0.2) is 4.98 Å². The Kier molecular flexibility index (Phi) is 5.17. The highest BCUT2D eigenvalue weighted by Crippen LogP contribution is 2.24. The van der Waals surface area contributed by atoms with Crippen molar-refractivity contribution < 1.29 is 0 Å². The average Bonchev–Trinajstić information content (AvgIpc) is 2.96. The molecule has 30 heavy (non-hydrogen) atoms. The molecule has 152 valence electrons. The molecule has 4 rings (SSSR count). The van der Waals surface area contributed by atoms with Gasteiger partial charge in [-0.15, -0.1) is 0 Å². The number of hydrogen-bond donors (Lipinski definition) is 1. The van der Waals surface area contributed by atoms with Crippen molar-refractivity contribution in [3.05, 3.63) is 87.7 Å². The fraction of sp³-hybridized carbons (Fsp3) is 0.231. The zero-order valence-corrected chi connectivity index (χ0v) is 18.5. The molecule has 2 aromatic heterocycles. The molecule has 0 aliphatic rings. The fourth-order valence-corrected chi connectivity index (χ4v) is 4.00. The van der Waals surface area contributed by atoms with Crippen molar-refractivity contribution in [3.8, 4) is 5.69 Å². The highest BCUT2D eigenvalue weighted by atomic mass is 15.3. The van der Waals surface area contributed by atoms with E-state index in [-0.39, 0.29) is 0 Å². The van der Waals surface area contributed by atoms with Gasteiger partial charge in [0, 0.05) is 28.0 Å². The van der Waals surface area contributed by atoms with E-state index < -0.39 is 0 Å². The quantitative estimate of drug-likeness (QED) is 0.324. The maximum atomic E-state index is 4.75. The van der Waals surface area contributed by atoms with Crippen molar-refractivity contribution in [3.63, 3.8) is 0 Å². The van der Waals surface area contributed by atoms with E-state index in [1.165, 1.54) is 33.8 Å². The first kappa shape index (κ1) is 19.9. The zero-order chi connectivity index (χ0) is 21.4. The Balaban J connectivity index is 1.62. The molecule has 2 heterocycles. The number of benzene rings is 2. The van der Waals surface area contributed by atoms with Crippen LogP contribution in [0.25, 0.3) is 16.6 Å². The van der Waals surface area contributed by atoms with Crippen LogP contribution in [0.2, 0.25) is 0 Å². The average molecular weight is 397 g/mol. The number of anilines is 1. The molecule has 0 saturated heterocycles. The fourth-order valence-electron chi connectivity index (χ4n) is 4.00. The van der Waals surface area contributed by atoms with Crippen LogP contribution in [0, 0.1) is 41.5 Å². The van der Waals surface area contributed by atoms with E-state index in [2.05, 4.69) is 105 Å². The number of aromatic nitrogens is 2. The lowest BCUT2D eigenvalue weighted by molar-refractivity contribution is 0.953. The summed E-state index contributed by atoms with van der Waals surface area (Å²) in [6, 6.07) is 17.2. The molecule has 4 nitrogen and oxygen atoms in total. The van der Waals surface area contributed by atoms with Gasteiger partial charge in [0.2, 0.25) is 0 Å². The first-order chi connectivity index (χ1) is 14.3. The number of hydrazone groups is 1. The minimum absolute atomic E-state index is 0.785. The Labute approximate surface area is 178 Å². The van der Waals surface area contributed by atoms with Crippen molar-refractivity contribution in [2.75, 3.05) is 5.43 Å². The van der Waals surface area contributed by atoms with Crippen LogP contribution >= 0.6 is 0 Å². The summed E-state index contributed by atoms with van der Waals surface area (Å²) >= 11 is 0. The second-order valence-corrected chi connectivity index (χ2v) is 8.17. The van der Waals surface area contributed by atoms with Crippen molar-refractivity contribution >= 4 is 22.9 Å². The SMILES string of the molecule is Cc1ccc(-n2c(C)cc(C=NNc3nc4cc(C)ccc4cc3C)c2C)c(C)c1. The Hall–Kier alpha value is -3.40. The molecular formula is C26H28N4. The van der Waals surface area contributed by atoms with Gasteiger partial charge in [-0.3, -0.25) is 5.43 Å². The van der Waals surface area contributed by atoms with E-state index in [1.54, 1.807) is 0 Å². The zero-order valence-electron chi connectivity index (χ0n) is 18.5. The monoisotopic (exact) mass is 396 g/mol. The summed E-state index contributed by atoms with van der Waals surface area (Å²) in [6.07, 6.45) is 1.88. The number of nitrogens with one attached hydrogen (secondary N) is 1. The van der Waals surface area contributed by atoms with Gasteiger partial charge < -0.3 is 4.57 Å². The molecule has 0 atom stereocenters. The first-order valence-corrected chi connectivity index (χ1v) is 10.3. The third-order valence-electron chi connectivity index (χ3n) is 5.60. The third kappa shape index (κ3) is 3.73. The summed E-state index contributed by atoms with van der Waals surface area (Å²) in [5.74, 6) is 0.785. The molecule has 0 amide bonds. The molecule has 0 aliphatic heterocycles. The number of fused-ring (bicyclic) bond motifs is 1. The number of rotatable bonds is 4. The van der Waals surface area contributed by atoms with Crippen LogP contribution in [0.1, 0.15) is 39.2 Å². The van der Waals surface area contributed by atoms with Crippen LogP contribution in [0.5, 0.6) is 0 Å². The van der Waals surface area contributed by atoms with Gasteiger partial charge in [-0.1, -0.05) is 29.8 Å². The van der Waals surface area contributed by atoms with Crippen LogP contribution in [-0.2, 0) is 0 Å². The molecule has 0 fully saturated rings. The highest BCUT2D eigenvalue weighted by Gasteiger charge is 2.11. The van der Waals surface area contributed by atoms with Gasteiger partial charge in [-0.2, -0.15) is 5.10 Å².